The van der Waals surface area contributed by atoms with Crippen molar-refractivity contribution in [2.45, 2.75) is 12.8 Å². The van der Waals surface area contributed by atoms with Crippen molar-refractivity contribution in [2.24, 2.45) is 0 Å². The summed E-state index contributed by atoms with van der Waals surface area (Å²) in [4.78, 5) is 14.5. The Morgan fingerprint density at radius 3 is 2.29 bits per heavy atom. The molecule has 0 unspecified atom stereocenters. The predicted molar refractivity (Wildman–Crippen MR) is 124 cm³/mol. The average molecular weight is 401 g/mol. The lowest BCUT2D eigenvalue weighted by atomic mass is 10.1. The second-order valence-corrected chi connectivity index (χ2v) is 7.59. The molecule has 0 radical (unpaired) electrons. The van der Waals surface area contributed by atoms with Crippen LogP contribution in [0.15, 0.2) is 95.4 Å². The fourth-order valence-corrected chi connectivity index (χ4v) is 4.04. The van der Waals surface area contributed by atoms with Crippen molar-refractivity contribution in [1.82, 2.24) is 15.0 Å². The van der Waals surface area contributed by atoms with E-state index in [9.17, 15) is 0 Å². The van der Waals surface area contributed by atoms with E-state index in [1.165, 1.54) is 0 Å². The lowest BCUT2D eigenvalue weighted by Crippen LogP contribution is -2.03. The maximum atomic E-state index is 6.24. The largest absolute Gasteiger partial charge is 0.455 e. The summed E-state index contributed by atoms with van der Waals surface area (Å²) >= 11 is 0. The number of furan rings is 1. The minimum Gasteiger partial charge on any atom is -0.455 e. The van der Waals surface area contributed by atoms with Crippen molar-refractivity contribution in [3.8, 4) is 22.8 Å². The van der Waals surface area contributed by atoms with Crippen molar-refractivity contribution in [1.29, 1.82) is 0 Å². The van der Waals surface area contributed by atoms with Gasteiger partial charge in [0.25, 0.3) is 0 Å². The van der Waals surface area contributed by atoms with Gasteiger partial charge in [-0.3, -0.25) is 0 Å². The van der Waals surface area contributed by atoms with E-state index in [0.717, 1.165) is 51.5 Å². The summed E-state index contributed by atoms with van der Waals surface area (Å²) in [5.74, 6) is 1.97. The Hall–Kier alpha value is -4.05. The molecule has 2 heterocycles. The van der Waals surface area contributed by atoms with Crippen LogP contribution in [0.5, 0.6) is 0 Å². The van der Waals surface area contributed by atoms with Crippen LogP contribution < -0.4 is 0 Å². The minimum atomic E-state index is 0.619. The third kappa shape index (κ3) is 3.13. The number of nitrogens with zero attached hydrogens (tertiary/aromatic N) is 3. The molecule has 4 heteroatoms. The molecule has 1 aliphatic carbocycles. The van der Waals surface area contributed by atoms with Gasteiger partial charge in [0.05, 0.1) is 5.56 Å². The standard InChI is InChI=1S/C27H19N3O/c1-3-10-18(11-4-1)25-28-26(19-12-5-2-6-13-19)30-27(29-25)22-16-9-15-21-20-14-7-8-17-23(20)31-24(21)22/h1,3-5,7-17H,2,6H2. The van der Waals surface area contributed by atoms with E-state index in [1.54, 1.807) is 0 Å². The Bertz CT molecular complexity index is 1480. The van der Waals surface area contributed by atoms with Crippen LogP contribution in [0.25, 0.3) is 50.3 Å². The van der Waals surface area contributed by atoms with Crippen LogP contribution in [0.3, 0.4) is 0 Å². The molecule has 148 valence electrons. The van der Waals surface area contributed by atoms with Crippen molar-refractivity contribution < 1.29 is 4.42 Å². The Kier molecular flexibility index (Phi) is 4.20. The number of aromatic nitrogens is 3. The SMILES string of the molecule is C1=CC(c2nc(-c3ccccc3)nc(-c3cccc4c3oc3ccccc34)n2)=CCC1. The van der Waals surface area contributed by atoms with Gasteiger partial charge in [-0.25, -0.2) is 15.0 Å². The van der Waals surface area contributed by atoms with E-state index < -0.39 is 0 Å². The molecular weight excluding hydrogens is 382 g/mol. The summed E-state index contributed by atoms with van der Waals surface area (Å²) in [5, 5.41) is 2.16. The Balaban J connectivity index is 1.61. The van der Waals surface area contributed by atoms with E-state index in [1.807, 2.05) is 60.7 Å². The molecule has 0 amide bonds. The van der Waals surface area contributed by atoms with Crippen molar-refractivity contribution in [3.05, 3.63) is 96.8 Å². The van der Waals surface area contributed by atoms with Gasteiger partial charge in [0.2, 0.25) is 0 Å². The molecule has 6 rings (SSSR count). The highest BCUT2D eigenvalue weighted by Gasteiger charge is 2.17. The summed E-state index contributed by atoms with van der Waals surface area (Å²) < 4.78 is 6.24. The van der Waals surface area contributed by atoms with Gasteiger partial charge in [-0.15, -0.1) is 0 Å². The van der Waals surface area contributed by atoms with Gasteiger partial charge in [-0.1, -0.05) is 78.9 Å². The molecule has 0 bridgehead atoms. The van der Waals surface area contributed by atoms with Gasteiger partial charge in [0.1, 0.15) is 11.2 Å². The number of hydrogen-bond donors (Lipinski definition) is 0. The first-order valence-electron chi connectivity index (χ1n) is 10.5. The lowest BCUT2D eigenvalue weighted by Gasteiger charge is -2.10. The molecule has 5 aromatic rings. The number of para-hydroxylation sites is 2. The van der Waals surface area contributed by atoms with Crippen LogP contribution >= 0.6 is 0 Å². The third-order valence-electron chi connectivity index (χ3n) is 5.57. The first kappa shape index (κ1) is 17.8. The first-order valence-corrected chi connectivity index (χ1v) is 10.5. The zero-order chi connectivity index (χ0) is 20.6. The smallest absolute Gasteiger partial charge is 0.167 e. The predicted octanol–water partition coefficient (Wildman–Crippen LogP) is 6.84. The van der Waals surface area contributed by atoms with E-state index in [-0.39, 0.29) is 0 Å². The molecule has 0 N–H and O–H groups in total. The number of rotatable bonds is 3. The third-order valence-corrected chi connectivity index (χ3v) is 5.57. The maximum absolute atomic E-state index is 6.24. The van der Waals surface area contributed by atoms with Gasteiger partial charge in [0, 0.05) is 21.9 Å². The number of allylic oxidation sites excluding steroid dienone is 4. The molecule has 0 aliphatic heterocycles. The molecule has 3 aromatic carbocycles. The van der Waals surface area contributed by atoms with Crippen molar-refractivity contribution >= 4 is 27.5 Å². The molecule has 2 aromatic heterocycles. The first-order chi connectivity index (χ1) is 15.4. The van der Waals surface area contributed by atoms with Crippen LogP contribution in [0, 0.1) is 0 Å². The maximum Gasteiger partial charge on any atom is 0.167 e. The summed E-state index contributed by atoms with van der Waals surface area (Å²) in [5.41, 5.74) is 4.52. The van der Waals surface area contributed by atoms with Gasteiger partial charge in [0.15, 0.2) is 17.5 Å². The van der Waals surface area contributed by atoms with Crippen molar-refractivity contribution in [2.75, 3.05) is 0 Å². The average Bonchev–Trinajstić information content (AvgIpc) is 3.24. The van der Waals surface area contributed by atoms with Crippen LogP contribution in [-0.2, 0) is 0 Å². The highest BCUT2D eigenvalue weighted by molar-refractivity contribution is 6.09. The van der Waals surface area contributed by atoms with Crippen molar-refractivity contribution in [3.63, 3.8) is 0 Å². The summed E-state index contributed by atoms with van der Waals surface area (Å²) in [7, 11) is 0. The molecule has 31 heavy (non-hydrogen) atoms. The zero-order valence-electron chi connectivity index (χ0n) is 16.8. The van der Waals surface area contributed by atoms with Gasteiger partial charge in [-0.05, 0) is 25.0 Å². The van der Waals surface area contributed by atoms with E-state index in [2.05, 4.69) is 30.4 Å². The van der Waals surface area contributed by atoms with Crippen LogP contribution in [0.2, 0.25) is 0 Å². The minimum absolute atomic E-state index is 0.619. The molecule has 0 saturated heterocycles. The molecule has 0 saturated carbocycles. The second-order valence-electron chi connectivity index (χ2n) is 7.59. The topological polar surface area (TPSA) is 51.8 Å². The van der Waals surface area contributed by atoms with Crippen LogP contribution in [-0.4, -0.2) is 15.0 Å². The zero-order valence-corrected chi connectivity index (χ0v) is 16.8. The molecule has 0 spiro atoms. The molecular formula is C27H19N3O. The summed E-state index contributed by atoms with van der Waals surface area (Å²) in [6.45, 7) is 0. The number of hydrogen-bond acceptors (Lipinski definition) is 4. The second kappa shape index (κ2) is 7.33. The highest BCUT2D eigenvalue weighted by Crippen LogP contribution is 2.35. The molecule has 1 aliphatic rings. The normalized spacial score (nSPS) is 13.6. The Morgan fingerprint density at radius 1 is 0.645 bits per heavy atom. The van der Waals surface area contributed by atoms with E-state index >= 15 is 0 Å². The summed E-state index contributed by atoms with van der Waals surface area (Å²) in [6, 6.07) is 24.3. The fourth-order valence-electron chi connectivity index (χ4n) is 4.04. The monoisotopic (exact) mass is 401 g/mol. The molecule has 0 fully saturated rings. The van der Waals surface area contributed by atoms with Crippen LogP contribution in [0.4, 0.5) is 0 Å². The molecule has 0 atom stereocenters. The summed E-state index contributed by atoms with van der Waals surface area (Å²) in [6.07, 6.45) is 8.49. The Morgan fingerprint density at radius 2 is 1.42 bits per heavy atom. The quantitative estimate of drug-likeness (QED) is 0.332. The number of fused-ring (bicyclic) bond motifs is 3. The number of benzene rings is 3. The van der Waals surface area contributed by atoms with E-state index in [4.69, 9.17) is 19.4 Å². The fraction of sp³-hybridized carbons (Fsp3) is 0.0741. The lowest BCUT2D eigenvalue weighted by molar-refractivity contribution is 0.669. The van der Waals surface area contributed by atoms with Crippen LogP contribution in [0.1, 0.15) is 18.7 Å². The Labute approximate surface area is 179 Å². The van der Waals surface area contributed by atoms with Gasteiger partial charge in [-0.2, -0.15) is 0 Å². The van der Waals surface area contributed by atoms with Gasteiger partial charge < -0.3 is 4.42 Å². The van der Waals surface area contributed by atoms with Gasteiger partial charge >= 0.3 is 0 Å². The highest BCUT2D eigenvalue weighted by atomic mass is 16.3. The molecule has 4 nitrogen and oxygen atoms in total. The van der Waals surface area contributed by atoms with E-state index in [0.29, 0.717) is 17.5 Å².